The van der Waals surface area contributed by atoms with Crippen molar-refractivity contribution in [1.82, 2.24) is 0 Å². The van der Waals surface area contributed by atoms with Crippen LogP contribution in [0.15, 0.2) is 24.3 Å². The number of para-hydroxylation sites is 1. The number of rotatable bonds is 4. The Bertz CT molecular complexity index is 327. The van der Waals surface area contributed by atoms with Crippen molar-refractivity contribution in [2.45, 2.75) is 17.7 Å². The van der Waals surface area contributed by atoms with Crippen LogP contribution in [-0.2, 0) is 0 Å². The van der Waals surface area contributed by atoms with Gasteiger partial charge in [-0.15, -0.1) is 12.3 Å². The van der Waals surface area contributed by atoms with Crippen molar-refractivity contribution in [3.63, 3.8) is 0 Å². The van der Waals surface area contributed by atoms with Gasteiger partial charge in [0.25, 0.3) is 0 Å². The third-order valence-corrected chi connectivity index (χ3v) is 2.97. The number of halogens is 1. The molecule has 1 aromatic rings. The lowest BCUT2D eigenvalue weighted by Crippen LogP contribution is -1.94. The van der Waals surface area contributed by atoms with Crippen LogP contribution >= 0.6 is 15.9 Å². The fourth-order valence-electron chi connectivity index (χ4n) is 1.29. The molecule has 14 heavy (non-hydrogen) atoms. The van der Waals surface area contributed by atoms with Crippen molar-refractivity contribution < 1.29 is 4.74 Å². The van der Waals surface area contributed by atoms with Crippen LogP contribution in [0.1, 0.15) is 23.2 Å². The van der Waals surface area contributed by atoms with Crippen molar-refractivity contribution in [3.8, 4) is 18.1 Å². The largest absolute Gasteiger partial charge is 0.496 e. The van der Waals surface area contributed by atoms with Crippen molar-refractivity contribution >= 4 is 15.9 Å². The van der Waals surface area contributed by atoms with Gasteiger partial charge in [0, 0.05) is 16.8 Å². The van der Waals surface area contributed by atoms with Crippen LogP contribution in [0.2, 0.25) is 0 Å². The average Bonchev–Trinajstić information content (AvgIpc) is 2.25. The standard InChI is InChI=1S/C12H13BrO/c1-3-4-8-11(13)10-7-5-6-9-12(10)14-2/h1,5-7,9,11H,4,8H2,2H3. The molecular formula is C12H13BrO. The molecule has 1 unspecified atom stereocenters. The lowest BCUT2D eigenvalue weighted by molar-refractivity contribution is 0.409. The van der Waals surface area contributed by atoms with Crippen LogP contribution in [0.3, 0.4) is 0 Å². The molecule has 2 heteroatoms. The molecule has 0 aliphatic heterocycles. The molecule has 0 N–H and O–H groups in total. The first-order chi connectivity index (χ1) is 6.79. The Morgan fingerprint density at radius 1 is 1.50 bits per heavy atom. The van der Waals surface area contributed by atoms with Crippen LogP contribution in [0, 0.1) is 12.3 Å². The zero-order valence-electron chi connectivity index (χ0n) is 8.16. The molecule has 0 aliphatic rings. The summed E-state index contributed by atoms with van der Waals surface area (Å²) in [7, 11) is 1.68. The molecule has 0 saturated carbocycles. The number of hydrogen-bond donors (Lipinski definition) is 0. The highest BCUT2D eigenvalue weighted by molar-refractivity contribution is 9.09. The normalized spacial score (nSPS) is 11.8. The molecule has 1 rings (SSSR count). The van der Waals surface area contributed by atoms with E-state index < -0.39 is 0 Å². The smallest absolute Gasteiger partial charge is 0.123 e. The minimum absolute atomic E-state index is 0.273. The van der Waals surface area contributed by atoms with E-state index in [-0.39, 0.29) is 4.83 Å². The van der Waals surface area contributed by atoms with Crippen LogP contribution < -0.4 is 4.74 Å². The van der Waals surface area contributed by atoms with Gasteiger partial charge in [-0.2, -0.15) is 0 Å². The summed E-state index contributed by atoms with van der Waals surface area (Å²) in [5.41, 5.74) is 1.16. The van der Waals surface area contributed by atoms with Gasteiger partial charge in [0.15, 0.2) is 0 Å². The zero-order chi connectivity index (χ0) is 10.4. The van der Waals surface area contributed by atoms with Gasteiger partial charge in [0.1, 0.15) is 5.75 Å². The Kier molecular flexibility index (Phi) is 4.55. The second-order valence-corrected chi connectivity index (χ2v) is 4.06. The van der Waals surface area contributed by atoms with E-state index >= 15 is 0 Å². The Hall–Kier alpha value is -0.940. The summed E-state index contributed by atoms with van der Waals surface area (Å²) in [6, 6.07) is 7.97. The Morgan fingerprint density at radius 3 is 2.86 bits per heavy atom. The molecule has 0 aliphatic carbocycles. The predicted octanol–water partition coefficient (Wildman–Crippen LogP) is 3.54. The molecule has 1 atom stereocenters. The maximum atomic E-state index is 5.26. The van der Waals surface area contributed by atoms with E-state index in [2.05, 4.69) is 27.9 Å². The number of alkyl halides is 1. The first-order valence-corrected chi connectivity index (χ1v) is 5.41. The predicted molar refractivity (Wildman–Crippen MR) is 62.7 cm³/mol. The molecule has 0 bridgehead atoms. The highest BCUT2D eigenvalue weighted by Crippen LogP contribution is 2.33. The first-order valence-electron chi connectivity index (χ1n) is 4.50. The lowest BCUT2D eigenvalue weighted by atomic mass is 10.1. The van der Waals surface area contributed by atoms with Crippen LogP contribution in [-0.4, -0.2) is 7.11 Å². The zero-order valence-corrected chi connectivity index (χ0v) is 9.75. The highest BCUT2D eigenvalue weighted by Gasteiger charge is 2.11. The molecular weight excluding hydrogens is 240 g/mol. The van der Waals surface area contributed by atoms with E-state index in [4.69, 9.17) is 11.2 Å². The maximum absolute atomic E-state index is 5.26. The van der Waals surface area contributed by atoms with Crippen LogP contribution in [0.25, 0.3) is 0 Å². The molecule has 0 aromatic heterocycles. The average molecular weight is 253 g/mol. The van der Waals surface area contributed by atoms with Gasteiger partial charge < -0.3 is 4.74 Å². The van der Waals surface area contributed by atoms with Gasteiger partial charge in [0.2, 0.25) is 0 Å². The minimum Gasteiger partial charge on any atom is -0.496 e. The van der Waals surface area contributed by atoms with Crippen molar-refractivity contribution in [3.05, 3.63) is 29.8 Å². The third kappa shape index (κ3) is 2.78. The topological polar surface area (TPSA) is 9.23 Å². The summed E-state index contributed by atoms with van der Waals surface area (Å²) >= 11 is 3.60. The van der Waals surface area contributed by atoms with Crippen LogP contribution in [0.4, 0.5) is 0 Å². The van der Waals surface area contributed by atoms with Gasteiger partial charge in [0.05, 0.1) is 7.11 Å². The third-order valence-electron chi connectivity index (χ3n) is 2.02. The first kappa shape index (κ1) is 11.1. The monoisotopic (exact) mass is 252 g/mol. The fraction of sp³-hybridized carbons (Fsp3) is 0.333. The molecule has 0 spiro atoms. The van der Waals surface area contributed by atoms with E-state index in [0.29, 0.717) is 0 Å². The molecule has 74 valence electrons. The van der Waals surface area contributed by atoms with Crippen molar-refractivity contribution in [2.24, 2.45) is 0 Å². The summed E-state index contributed by atoms with van der Waals surface area (Å²) < 4.78 is 5.26. The molecule has 0 fully saturated rings. The molecule has 0 saturated heterocycles. The van der Waals surface area contributed by atoms with Gasteiger partial charge in [-0.1, -0.05) is 34.1 Å². The van der Waals surface area contributed by atoms with Gasteiger partial charge in [-0.3, -0.25) is 0 Å². The van der Waals surface area contributed by atoms with E-state index in [0.717, 1.165) is 24.2 Å². The van der Waals surface area contributed by atoms with E-state index in [1.54, 1.807) is 7.11 Å². The minimum atomic E-state index is 0.273. The number of benzene rings is 1. The summed E-state index contributed by atoms with van der Waals surface area (Å²) in [5.74, 6) is 3.54. The number of hydrogen-bond acceptors (Lipinski definition) is 1. The molecule has 0 heterocycles. The Morgan fingerprint density at radius 2 is 2.21 bits per heavy atom. The summed E-state index contributed by atoms with van der Waals surface area (Å²) in [6.45, 7) is 0. The van der Waals surface area contributed by atoms with Crippen LogP contribution in [0.5, 0.6) is 5.75 Å². The molecule has 0 radical (unpaired) electrons. The quantitative estimate of drug-likeness (QED) is 0.589. The van der Waals surface area contributed by atoms with Gasteiger partial charge in [-0.05, 0) is 12.5 Å². The number of terminal acetylenes is 1. The van der Waals surface area contributed by atoms with Gasteiger partial charge in [-0.25, -0.2) is 0 Å². The highest BCUT2D eigenvalue weighted by atomic mass is 79.9. The summed E-state index contributed by atoms with van der Waals surface area (Å²) in [5, 5.41) is 0. The lowest BCUT2D eigenvalue weighted by Gasteiger charge is -2.12. The second kappa shape index (κ2) is 5.72. The van der Waals surface area contributed by atoms with Gasteiger partial charge >= 0.3 is 0 Å². The van der Waals surface area contributed by atoms with E-state index in [1.165, 1.54) is 0 Å². The molecule has 1 nitrogen and oxygen atoms in total. The van der Waals surface area contributed by atoms with E-state index in [1.807, 2.05) is 18.2 Å². The summed E-state index contributed by atoms with van der Waals surface area (Å²) in [4.78, 5) is 0.273. The van der Waals surface area contributed by atoms with Crippen molar-refractivity contribution in [1.29, 1.82) is 0 Å². The maximum Gasteiger partial charge on any atom is 0.123 e. The molecule has 1 aromatic carbocycles. The van der Waals surface area contributed by atoms with E-state index in [9.17, 15) is 0 Å². The summed E-state index contributed by atoms with van der Waals surface area (Å²) in [6.07, 6.45) is 6.92. The fourth-order valence-corrected chi connectivity index (χ4v) is 1.90. The Balaban J connectivity index is 2.78. The number of ether oxygens (including phenoxy) is 1. The molecule has 0 amide bonds. The number of methoxy groups -OCH3 is 1. The second-order valence-electron chi connectivity index (χ2n) is 2.95. The van der Waals surface area contributed by atoms with Crippen molar-refractivity contribution in [2.75, 3.05) is 7.11 Å². The Labute approximate surface area is 93.6 Å². The SMILES string of the molecule is C#CCCC(Br)c1ccccc1OC.